The first-order valence-electron chi connectivity index (χ1n) is 5.38. The molecule has 0 saturated carbocycles. The SMILES string of the molecule is CC(C)(C)C(Cl)CCc1ccc(Cl)cc1F. The third kappa shape index (κ3) is 3.95. The van der Waals surface area contributed by atoms with E-state index in [0.29, 0.717) is 17.0 Å². The second-order valence-electron chi connectivity index (χ2n) is 5.11. The fraction of sp³-hybridized carbons (Fsp3) is 0.538. The Labute approximate surface area is 107 Å². The molecule has 0 heterocycles. The smallest absolute Gasteiger partial charge is 0.127 e. The first-order valence-corrected chi connectivity index (χ1v) is 6.20. The number of halogens is 3. The van der Waals surface area contributed by atoms with Crippen LogP contribution in [0.5, 0.6) is 0 Å². The van der Waals surface area contributed by atoms with Gasteiger partial charge in [0.15, 0.2) is 0 Å². The minimum atomic E-state index is -0.245. The van der Waals surface area contributed by atoms with Crippen molar-refractivity contribution in [3.05, 3.63) is 34.6 Å². The highest BCUT2D eigenvalue weighted by Gasteiger charge is 2.22. The maximum atomic E-state index is 13.5. The molecule has 1 atom stereocenters. The van der Waals surface area contributed by atoms with Gasteiger partial charge in [-0.1, -0.05) is 38.4 Å². The molecule has 0 amide bonds. The van der Waals surface area contributed by atoms with E-state index in [9.17, 15) is 4.39 Å². The Kier molecular flexibility index (Phi) is 4.63. The highest BCUT2D eigenvalue weighted by atomic mass is 35.5. The maximum absolute atomic E-state index is 13.5. The van der Waals surface area contributed by atoms with E-state index in [-0.39, 0.29) is 16.6 Å². The van der Waals surface area contributed by atoms with Gasteiger partial charge in [-0.2, -0.15) is 0 Å². The maximum Gasteiger partial charge on any atom is 0.127 e. The van der Waals surface area contributed by atoms with E-state index in [1.54, 1.807) is 12.1 Å². The van der Waals surface area contributed by atoms with Gasteiger partial charge in [0.25, 0.3) is 0 Å². The number of benzene rings is 1. The molecule has 16 heavy (non-hydrogen) atoms. The Hall–Kier alpha value is -0.270. The van der Waals surface area contributed by atoms with Crippen LogP contribution in [0.3, 0.4) is 0 Å². The van der Waals surface area contributed by atoms with Gasteiger partial charge < -0.3 is 0 Å². The highest BCUT2D eigenvalue weighted by Crippen LogP contribution is 2.28. The fourth-order valence-corrected chi connectivity index (χ4v) is 1.71. The molecule has 0 aliphatic heterocycles. The van der Waals surface area contributed by atoms with Crippen molar-refractivity contribution >= 4 is 23.2 Å². The zero-order valence-electron chi connectivity index (χ0n) is 9.86. The fourth-order valence-electron chi connectivity index (χ4n) is 1.44. The topological polar surface area (TPSA) is 0 Å². The number of rotatable bonds is 3. The summed E-state index contributed by atoms with van der Waals surface area (Å²) in [6.45, 7) is 6.26. The molecule has 0 aromatic heterocycles. The summed E-state index contributed by atoms with van der Waals surface area (Å²) in [6.07, 6.45) is 1.41. The van der Waals surface area contributed by atoms with Gasteiger partial charge in [0.2, 0.25) is 0 Å². The molecular formula is C13H17Cl2F. The Morgan fingerprint density at radius 2 is 1.94 bits per heavy atom. The standard InChI is InChI=1S/C13H17Cl2F/c1-13(2,3)12(15)7-5-9-4-6-10(14)8-11(9)16/h4,6,8,12H,5,7H2,1-3H3. The lowest BCUT2D eigenvalue weighted by molar-refractivity contribution is 0.373. The van der Waals surface area contributed by atoms with E-state index in [0.717, 1.165) is 6.42 Å². The highest BCUT2D eigenvalue weighted by molar-refractivity contribution is 6.30. The molecule has 0 aliphatic carbocycles. The van der Waals surface area contributed by atoms with Gasteiger partial charge in [0.05, 0.1) is 0 Å². The summed E-state index contributed by atoms with van der Waals surface area (Å²) < 4.78 is 13.5. The van der Waals surface area contributed by atoms with Crippen LogP contribution in [0.4, 0.5) is 4.39 Å². The van der Waals surface area contributed by atoms with Crippen molar-refractivity contribution in [2.24, 2.45) is 5.41 Å². The van der Waals surface area contributed by atoms with E-state index >= 15 is 0 Å². The zero-order valence-corrected chi connectivity index (χ0v) is 11.4. The van der Waals surface area contributed by atoms with Crippen molar-refractivity contribution in [2.45, 2.75) is 39.0 Å². The van der Waals surface area contributed by atoms with Crippen LogP contribution in [-0.4, -0.2) is 5.38 Å². The van der Waals surface area contributed by atoms with Crippen molar-refractivity contribution in [2.75, 3.05) is 0 Å². The van der Waals surface area contributed by atoms with Crippen molar-refractivity contribution < 1.29 is 4.39 Å². The van der Waals surface area contributed by atoms with Crippen LogP contribution in [0.15, 0.2) is 18.2 Å². The lowest BCUT2D eigenvalue weighted by atomic mass is 9.88. The molecule has 3 heteroatoms. The minimum Gasteiger partial charge on any atom is -0.207 e. The van der Waals surface area contributed by atoms with Crippen molar-refractivity contribution in [1.82, 2.24) is 0 Å². The van der Waals surface area contributed by atoms with Gasteiger partial charge in [-0.25, -0.2) is 4.39 Å². The molecule has 0 fully saturated rings. The molecule has 0 N–H and O–H groups in total. The van der Waals surface area contributed by atoms with Gasteiger partial charge >= 0.3 is 0 Å². The molecule has 1 unspecified atom stereocenters. The number of alkyl halides is 1. The molecule has 0 bridgehead atoms. The number of hydrogen-bond acceptors (Lipinski definition) is 0. The minimum absolute atomic E-state index is 0.0441. The van der Waals surface area contributed by atoms with Gasteiger partial charge in [-0.05, 0) is 36.0 Å². The molecule has 0 aliphatic rings. The van der Waals surface area contributed by atoms with Crippen LogP contribution >= 0.6 is 23.2 Å². The quantitative estimate of drug-likeness (QED) is 0.668. The summed E-state index contributed by atoms with van der Waals surface area (Å²) in [5, 5.41) is 0.474. The molecule has 0 radical (unpaired) electrons. The normalized spacial score (nSPS) is 13.9. The van der Waals surface area contributed by atoms with E-state index < -0.39 is 0 Å². The Morgan fingerprint density at radius 1 is 1.31 bits per heavy atom. The summed E-state index contributed by atoms with van der Waals surface area (Å²) >= 11 is 11.9. The monoisotopic (exact) mass is 262 g/mol. The van der Waals surface area contributed by atoms with Crippen LogP contribution in [0, 0.1) is 11.2 Å². The van der Waals surface area contributed by atoms with Crippen LogP contribution in [0.1, 0.15) is 32.8 Å². The first kappa shape index (κ1) is 13.8. The first-order chi connectivity index (χ1) is 7.30. The average Bonchev–Trinajstić information content (AvgIpc) is 2.14. The largest absolute Gasteiger partial charge is 0.207 e. The number of aryl methyl sites for hydroxylation is 1. The molecule has 90 valence electrons. The summed E-state index contributed by atoms with van der Waals surface area (Å²) in [6, 6.07) is 4.78. The molecule has 0 nitrogen and oxygen atoms in total. The summed E-state index contributed by atoms with van der Waals surface area (Å²) in [4.78, 5) is 0. The van der Waals surface area contributed by atoms with E-state index in [1.807, 2.05) is 0 Å². The third-order valence-corrected chi connectivity index (χ3v) is 3.73. The zero-order chi connectivity index (χ0) is 12.3. The lowest BCUT2D eigenvalue weighted by Crippen LogP contribution is -2.21. The summed E-state index contributed by atoms with van der Waals surface area (Å²) in [5.74, 6) is -0.245. The van der Waals surface area contributed by atoms with Crippen molar-refractivity contribution in [1.29, 1.82) is 0 Å². The van der Waals surface area contributed by atoms with Crippen LogP contribution in [-0.2, 0) is 6.42 Å². The Balaban J connectivity index is 2.62. The number of hydrogen-bond donors (Lipinski definition) is 0. The van der Waals surface area contributed by atoms with Gasteiger partial charge in [0, 0.05) is 10.4 Å². The summed E-state index contributed by atoms with van der Waals surface area (Å²) in [7, 11) is 0. The summed E-state index contributed by atoms with van der Waals surface area (Å²) in [5.41, 5.74) is 0.726. The van der Waals surface area contributed by atoms with E-state index in [1.165, 1.54) is 6.07 Å². The van der Waals surface area contributed by atoms with E-state index in [4.69, 9.17) is 23.2 Å². The van der Waals surface area contributed by atoms with Gasteiger partial charge in [-0.3, -0.25) is 0 Å². The predicted octanol–water partition coefficient (Wildman–Crippen LogP) is 5.07. The van der Waals surface area contributed by atoms with Crippen molar-refractivity contribution in [3.63, 3.8) is 0 Å². The molecule has 0 spiro atoms. The molecule has 0 saturated heterocycles. The van der Waals surface area contributed by atoms with Crippen LogP contribution in [0.25, 0.3) is 0 Å². The Morgan fingerprint density at radius 3 is 2.44 bits per heavy atom. The second kappa shape index (κ2) is 5.37. The van der Waals surface area contributed by atoms with Gasteiger partial charge in [-0.15, -0.1) is 11.6 Å². The third-order valence-electron chi connectivity index (χ3n) is 2.62. The van der Waals surface area contributed by atoms with E-state index in [2.05, 4.69) is 20.8 Å². The Bertz CT molecular complexity index is 355. The molecular weight excluding hydrogens is 246 g/mol. The molecule has 1 rings (SSSR count). The van der Waals surface area contributed by atoms with Crippen molar-refractivity contribution in [3.8, 4) is 0 Å². The predicted molar refractivity (Wildman–Crippen MR) is 68.8 cm³/mol. The average molecular weight is 263 g/mol. The molecule has 1 aromatic carbocycles. The second-order valence-corrected chi connectivity index (χ2v) is 6.07. The van der Waals surface area contributed by atoms with Crippen LogP contribution < -0.4 is 0 Å². The molecule has 1 aromatic rings. The lowest BCUT2D eigenvalue weighted by Gasteiger charge is -2.25. The van der Waals surface area contributed by atoms with Gasteiger partial charge in [0.1, 0.15) is 5.82 Å². The van der Waals surface area contributed by atoms with Crippen LogP contribution in [0.2, 0.25) is 5.02 Å².